The maximum atomic E-state index is 11.7. The first-order chi connectivity index (χ1) is 8.79. The van der Waals surface area contributed by atoms with Crippen LogP contribution in [0.3, 0.4) is 0 Å². The van der Waals surface area contributed by atoms with Gasteiger partial charge in [-0.2, -0.15) is 0 Å². The first-order valence-corrected chi connectivity index (χ1v) is 6.79. The van der Waals surface area contributed by atoms with Crippen LogP contribution in [0.5, 0.6) is 5.75 Å². The van der Waals surface area contributed by atoms with Gasteiger partial charge in [-0.1, -0.05) is 32.9 Å². The molecule has 0 aliphatic rings. The molecule has 0 aliphatic carbocycles. The third-order valence-electron chi connectivity index (χ3n) is 2.10. The van der Waals surface area contributed by atoms with Crippen molar-refractivity contribution < 1.29 is 14.7 Å². The van der Waals surface area contributed by atoms with E-state index in [9.17, 15) is 14.7 Å². The van der Waals surface area contributed by atoms with Gasteiger partial charge in [-0.25, -0.2) is 0 Å². The van der Waals surface area contributed by atoms with Crippen molar-refractivity contribution in [3.8, 4) is 5.75 Å². The van der Waals surface area contributed by atoms with Crippen LogP contribution in [0.4, 0.5) is 0 Å². The summed E-state index contributed by atoms with van der Waals surface area (Å²) < 4.78 is -0.0148. The van der Waals surface area contributed by atoms with Crippen LogP contribution < -0.4 is 10.9 Å². The molecule has 0 spiro atoms. The number of amides is 2. The monoisotopic (exact) mass is 282 g/mol. The lowest BCUT2D eigenvalue weighted by molar-refractivity contribution is -0.119. The molecule has 5 nitrogen and oxygen atoms in total. The van der Waals surface area contributed by atoms with E-state index >= 15 is 0 Å². The van der Waals surface area contributed by atoms with Gasteiger partial charge in [-0.05, 0) is 12.1 Å². The Labute approximate surface area is 116 Å². The largest absolute Gasteiger partial charge is 0.507 e. The number of phenols is 1. The summed E-state index contributed by atoms with van der Waals surface area (Å²) in [5, 5.41) is 9.48. The normalized spacial score (nSPS) is 10.9. The molecule has 0 heterocycles. The van der Waals surface area contributed by atoms with Gasteiger partial charge < -0.3 is 5.11 Å². The molecule has 0 aliphatic heterocycles. The fourth-order valence-electron chi connectivity index (χ4n) is 1.18. The van der Waals surface area contributed by atoms with E-state index < -0.39 is 5.91 Å². The van der Waals surface area contributed by atoms with Crippen molar-refractivity contribution in [1.29, 1.82) is 0 Å². The number of rotatable bonds is 3. The summed E-state index contributed by atoms with van der Waals surface area (Å²) in [6.45, 7) is 6.02. The predicted molar refractivity (Wildman–Crippen MR) is 75.9 cm³/mol. The molecule has 104 valence electrons. The maximum Gasteiger partial charge on any atom is 0.273 e. The van der Waals surface area contributed by atoms with Crippen LogP contribution in [-0.2, 0) is 4.79 Å². The van der Waals surface area contributed by atoms with E-state index in [0.29, 0.717) is 0 Å². The quantitative estimate of drug-likeness (QED) is 0.737. The van der Waals surface area contributed by atoms with Crippen LogP contribution in [0.25, 0.3) is 0 Å². The molecular weight excluding hydrogens is 264 g/mol. The van der Waals surface area contributed by atoms with E-state index in [4.69, 9.17) is 0 Å². The minimum Gasteiger partial charge on any atom is -0.507 e. The van der Waals surface area contributed by atoms with Gasteiger partial charge in [0.1, 0.15) is 5.75 Å². The van der Waals surface area contributed by atoms with E-state index in [-0.39, 0.29) is 27.7 Å². The molecule has 3 N–H and O–H groups in total. The first-order valence-electron chi connectivity index (χ1n) is 5.81. The second-order valence-corrected chi connectivity index (χ2v) is 6.72. The first kappa shape index (κ1) is 15.4. The van der Waals surface area contributed by atoms with Crippen LogP contribution >= 0.6 is 11.8 Å². The van der Waals surface area contributed by atoms with Gasteiger partial charge in [0.2, 0.25) is 5.91 Å². The maximum absolute atomic E-state index is 11.7. The molecule has 0 saturated carbocycles. The van der Waals surface area contributed by atoms with Gasteiger partial charge in [0.05, 0.1) is 11.3 Å². The van der Waals surface area contributed by atoms with Crippen LogP contribution in [-0.4, -0.2) is 27.4 Å². The lowest BCUT2D eigenvalue weighted by atomic mass is 10.2. The number of hydrazine groups is 1. The molecule has 1 aromatic rings. The number of nitrogens with one attached hydrogen (secondary N) is 2. The topological polar surface area (TPSA) is 78.4 Å². The van der Waals surface area contributed by atoms with Gasteiger partial charge in [0.15, 0.2) is 0 Å². The van der Waals surface area contributed by atoms with E-state index in [1.807, 2.05) is 20.8 Å². The summed E-state index contributed by atoms with van der Waals surface area (Å²) in [4.78, 5) is 23.2. The van der Waals surface area contributed by atoms with Crippen LogP contribution in [0, 0.1) is 0 Å². The van der Waals surface area contributed by atoms with Gasteiger partial charge in [-0.15, -0.1) is 11.8 Å². The molecule has 1 aromatic carbocycles. The summed E-state index contributed by atoms with van der Waals surface area (Å²) in [7, 11) is 0. The van der Waals surface area contributed by atoms with Crippen molar-refractivity contribution in [3.05, 3.63) is 29.8 Å². The molecule has 2 amide bonds. The molecule has 0 atom stereocenters. The Hall–Kier alpha value is -1.69. The fraction of sp³-hybridized carbons (Fsp3) is 0.385. The number of hydrogen-bond acceptors (Lipinski definition) is 4. The second-order valence-electron chi connectivity index (χ2n) is 4.92. The van der Waals surface area contributed by atoms with Gasteiger partial charge >= 0.3 is 0 Å². The average Bonchev–Trinajstić information content (AvgIpc) is 2.33. The molecule has 1 rings (SSSR count). The number of thioether (sulfide) groups is 1. The van der Waals surface area contributed by atoms with E-state index in [1.165, 1.54) is 23.9 Å². The molecule has 0 radical (unpaired) electrons. The molecule has 0 aromatic heterocycles. The summed E-state index contributed by atoms with van der Waals surface area (Å²) in [6, 6.07) is 6.13. The SMILES string of the molecule is CC(C)(C)SCC(=O)NNC(=O)c1ccccc1O. The van der Waals surface area contributed by atoms with E-state index in [0.717, 1.165) is 0 Å². The third kappa shape index (κ3) is 5.65. The highest BCUT2D eigenvalue weighted by atomic mass is 32.2. The Morgan fingerprint density at radius 2 is 1.84 bits per heavy atom. The highest BCUT2D eigenvalue weighted by Gasteiger charge is 2.14. The van der Waals surface area contributed by atoms with Crippen LogP contribution in [0.2, 0.25) is 0 Å². The van der Waals surface area contributed by atoms with E-state index in [2.05, 4.69) is 10.9 Å². The van der Waals surface area contributed by atoms with Gasteiger partial charge in [0.25, 0.3) is 5.91 Å². The van der Waals surface area contributed by atoms with Gasteiger partial charge in [0, 0.05) is 4.75 Å². The average molecular weight is 282 g/mol. The Balaban J connectivity index is 2.43. The zero-order chi connectivity index (χ0) is 14.5. The zero-order valence-corrected chi connectivity index (χ0v) is 12.0. The minimum atomic E-state index is -0.549. The van der Waals surface area contributed by atoms with Crippen molar-refractivity contribution >= 4 is 23.6 Å². The Kier molecular flexibility index (Phi) is 5.23. The summed E-state index contributed by atoms with van der Waals surface area (Å²) in [6.07, 6.45) is 0. The molecule has 0 bridgehead atoms. The lowest BCUT2D eigenvalue weighted by Crippen LogP contribution is -2.42. The van der Waals surface area contributed by atoms with Crippen molar-refractivity contribution in [2.75, 3.05) is 5.75 Å². The molecular formula is C13H18N2O3S. The molecule has 0 unspecified atom stereocenters. The summed E-state index contributed by atoms with van der Waals surface area (Å²) in [5.41, 5.74) is 4.69. The molecule has 6 heteroatoms. The Morgan fingerprint density at radius 1 is 1.21 bits per heavy atom. The third-order valence-corrected chi connectivity index (χ3v) is 3.37. The van der Waals surface area contributed by atoms with Gasteiger partial charge in [-0.3, -0.25) is 20.4 Å². The highest BCUT2D eigenvalue weighted by Crippen LogP contribution is 2.22. The predicted octanol–water partition coefficient (Wildman–Crippen LogP) is 1.68. The fourth-order valence-corrected chi connectivity index (χ4v) is 1.81. The molecule has 0 fully saturated rings. The Morgan fingerprint density at radius 3 is 2.42 bits per heavy atom. The van der Waals surface area contributed by atoms with Crippen LogP contribution in [0.1, 0.15) is 31.1 Å². The van der Waals surface area contributed by atoms with Crippen molar-refractivity contribution in [2.24, 2.45) is 0 Å². The van der Waals surface area contributed by atoms with Crippen molar-refractivity contribution in [1.82, 2.24) is 10.9 Å². The summed E-state index contributed by atoms with van der Waals surface area (Å²) in [5.74, 6) is -0.709. The number of hydrogen-bond donors (Lipinski definition) is 3. The smallest absolute Gasteiger partial charge is 0.273 e. The highest BCUT2D eigenvalue weighted by molar-refractivity contribution is 8.01. The number of phenolic OH excluding ortho intramolecular Hbond substituents is 1. The van der Waals surface area contributed by atoms with E-state index in [1.54, 1.807) is 12.1 Å². The van der Waals surface area contributed by atoms with Crippen LogP contribution in [0.15, 0.2) is 24.3 Å². The number of para-hydroxylation sites is 1. The standard InChI is InChI=1S/C13H18N2O3S/c1-13(2,3)19-8-11(17)14-15-12(18)9-6-4-5-7-10(9)16/h4-7,16H,8H2,1-3H3,(H,14,17)(H,15,18). The summed E-state index contributed by atoms with van der Waals surface area (Å²) >= 11 is 1.48. The molecule has 0 saturated heterocycles. The lowest BCUT2D eigenvalue weighted by Gasteiger charge is -2.17. The minimum absolute atomic E-state index is 0.0148. The second kappa shape index (κ2) is 6.47. The Bertz CT molecular complexity index is 469. The van der Waals surface area contributed by atoms with Crippen molar-refractivity contribution in [2.45, 2.75) is 25.5 Å². The molecule has 19 heavy (non-hydrogen) atoms. The number of carbonyl (C=O) groups excluding carboxylic acids is 2. The number of carbonyl (C=O) groups is 2. The number of benzene rings is 1. The number of aromatic hydroxyl groups is 1. The zero-order valence-electron chi connectivity index (χ0n) is 11.2. The van der Waals surface area contributed by atoms with Crippen molar-refractivity contribution in [3.63, 3.8) is 0 Å².